The quantitative estimate of drug-likeness (QED) is 0.661. The van der Waals surface area contributed by atoms with Crippen LogP contribution in [0.15, 0.2) is 48.2 Å². The van der Waals surface area contributed by atoms with E-state index < -0.39 is 5.97 Å². The van der Waals surface area contributed by atoms with Crippen LogP contribution in [0.2, 0.25) is 0 Å². The summed E-state index contributed by atoms with van der Waals surface area (Å²) in [6.45, 7) is 0.561. The highest BCUT2D eigenvalue weighted by atomic mass is 16.5. The van der Waals surface area contributed by atoms with Crippen LogP contribution in [0.5, 0.6) is 0 Å². The molecule has 0 bridgehead atoms. The molecule has 7 nitrogen and oxygen atoms in total. The molecule has 2 unspecified atom stereocenters. The molecule has 1 saturated heterocycles. The van der Waals surface area contributed by atoms with E-state index in [9.17, 15) is 14.4 Å². The van der Waals surface area contributed by atoms with Gasteiger partial charge in [0.15, 0.2) is 0 Å². The Labute approximate surface area is 165 Å². The maximum absolute atomic E-state index is 13.3. The molecular formula is C22H17N3O4. The summed E-state index contributed by atoms with van der Waals surface area (Å²) in [5, 5.41) is 0.972. The topological polar surface area (TPSA) is 95.3 Å². The minimum atomic E-state index is -0.508. The van der Waals surface area contributed by atoms with Gasteiger partial charge in [-0.05, 0) is 36.1 Å². The van der Waals surface area contributed by atoms with E-state index >= 15 is 0 Å². The highest BCUT2D eigenvalue weighted by Crippen LogP contribution is 2.66. The van der Waals surface area contributed by atoms with Gasteiger partial charge >= 0.3 is 5.97 Å². The maximum Gasteiger partial charge on any atom is 0.354 e. The molecule has 1 amide bonds. The predicted octanol–water partition coefficient (Wildman–Crippen LogP) is 2.78. The van der Waals surface area contributed by atoms with Crippen molar-refractivity contribution in [3.05, 3.63) is 70.8 Å². The third-order valence-electron chi connectivity index (χ3n) is 6.48. The van der Waals surface area contributed by atoms with Crippen molar-refractivity contribution in [2.75, 3.05) is 13.7 Å². The number of ether oxygens (including phenoxy) is 1. The largest absolute Gasteiger partial charge is 0.464 e. The van der Waals surface area contributed by atoms with Crippen LogP contribution in [0.1, 0.15) is 43.4 Å². The molecule has 2 N–H and O–H groups in total. The van der Waals surface area contributed by atoms with Crippen molar-refractivity contribution in [1.82, 2.24) is 14.9 Å². The van der Waals surface area contributed by atoms with Gasteiger partial charge in [0, 0.05) is 34.6 Å². The second-order valence-electron chi connectivity index (χ2n) is 7.92. The monoisotopic (exact) mass is 387 g/mol. The Balaban J connectivity index is 1.41. The van der Waals surface area contributed by atoms with E-state index in [-0.39, 0.29) is 28.7 Å². The molecule has 1 spiro atoms. The first-order valence-electron chi connectivity index (χ1n) is 9.51. The van der Waals surface area contributed by atoms with E-state index in [2.05, 4.69) is 9.97 Å². The van der Waals surface area contributed by atoms with Crippen LogP contribution in [-0.4, -0.2) is 46.2 Å². The second-order valence-corrected chi connectivity index (χ2v) is 7.92. The molecule has 2 atom stereocenters. The number of para-hydroxylation sites is 1. The summed E-state index contributed by atoms with van der Waals surface area (Å²) < 4.78 is 4.79. The van der Waals surface area contributed by atoms with Gasteiger partial charge < -0.3 is 19.6 Å². The fraction of sp³-hybridized carbons (Fsp3) is 0.227. The van der Waals surface area contributed by atoms with Gasteiger partial charge in [0.1, 0.15) is 11.4 Å². The smallest absolute Gasteiger partial charge is 0.354 e. The summed E-state index contributed by atoms with van der Waals surface area (Å²) in [6.07, 6.45) is 2.42. The first-order chi connectivity index (χ1) is 14.0. The van der Waals surface area contributed by atoms with Crippen molar-refractivity contribution in [2.24, 2.45) is 5.92 Å². The summed E-state index contributed by atoms with van der Waals surface area (Å²) in [7, 11) is 1.31. The number of nitrogens with zero attached hydrogens (tertiary/aromatic N) is 1. The van der Waals surface area contributed by atoms with Crippen LogP contribution in [0.4, 0.5) is 0 Å². The fourth-order valence-electron chi connectivity index (χ4n) is 5.04. The summed E-state index contributed by atoms with van der Waals surface area (Å²) in [6, 6.07) is 11.3. The lowest BCUT2D eigenvalue weighted by Crippen LogP contribution is -2.33. The molecule has 6 rings (SSSR count). The van der Waals surface area contributed by atoms with Crippen molar-refractivity contribution in [2.45, 2.75) is 11.8 Å². The molecule has 2 aromatic heterocycles. The Morgan fingerprint density at radius 1 is 1.17 bits per heavy atom. The van der Waals surface area contributed by atoms with Gasteiger partial charge in [-0.1, -0.05) is 18.2 Å². The minimum absolute atomic E-state index is 0.140. The second kappa shape index (κ2) is 5.26. The van der Waals surface area contributed by atoms with Crippen LogP contribution in [0.25, 0.3) is 10.9 Å². The molecule has 29 heavy (non-hydrogen) atoms. The number of amides is 1. The van der Waals surface area contributed by atoms with Gasteiger partial charge in [0.2, 0.25) is 5.78 Å². The average Bonchev–Trinajstić information content (AvgIpc) is 3.10. The van der Waals surface area contributed by atoms with Crippen LogP contribution < -0.4 is 0 Å². The number of hydrogen-bond donors (Lipinski definition) is 2. The third-order valence-corrected chi connectivity index (χ3v) is 6.48. The van der Waals surface area contributed by atoms with Gasteiger partial charge in [-0.3, -0.25) is 9.59 Å². The number of aromatic nitrogens is 2. The number of esters is 1. The van der Waals surface area contributed by atoms with E-state index in [0.717, 1.165) is 28.6 Å². The van der Waals surface area contributed by atoms with Crippen molar-refractivity contribution in [3.63, 3.8) is 0 Å². The summed E-state index contributed by atoms with van der Waals surface area (Å²) in [5.74, 6) is -0.627. The molecular weight excluding hydrogens is 370 g/mol. The van der Waals surface area contributed by atoms with E-state index in [0.29, 0.717) is 17.9 Å². The Bertz CT molecular complexity index is 1250. The Morgan fingerprint density at radius 3 is 2.79 bits per heavy atom. The number of aromatic amines is 2. The molecule has 144 valence electrons. The SMILES string of the molecule is COC(=O)c1cc2c([nH]1)C(=O)C=C1N(C(=O)c3cc4ccccc4[nH]3)CC3CC123. The third kappa shape index (κ3) is 1.99. The first-order valence-corrected chi connectivity index (χ1v) is 9.51. The van der Waals surface area contributed by atoms with Crippen LogP contribution in [0.3, 0.4) is 0 Å². The number of nitrogens with one attached hydrogen (secondary N) is 2. The van der Waals surface area contributed by atoms with Gasteiger partial charge in [0.05, 0.1) is 12.8 Å². The number of H-pyrrole nitrogens is 2. The van der Waals surface area contributed by atoms with Crippen LogP contribution in [-0.2, 0) is 10.2 Å². The molecule has 1 saturated carbocycles. The number of rotatable bonds is 2. The molecule has 3 aromatic rings. The number of benzene rings is 1. The zero-order chi connectivity index (χ0) is 19.9. The molecule has 0 radical (unpaired) electrons. The molecule has 1 aromatic carbocycles. The molecule has 3 aliphatic rings. The first kappa shape index (κ1) is 16.4. The maximum atomic E-state index is 13.3. The number of carbonyl (C=O) groups excluding carboxylic acids is 3. The fourth-order valence-corrected chi connectivity index (χ4v) is 5.04. The number of piperidine rings is 1. The van der Waals surface area contributed by atoms with Crippen molar-refractivity contribution >= 4 is 28.6 Å². The lowest BCUT2D eigenvalue weighted by molar-refractivity contribution is 0.0594. The molecule has 2 fully saturated rings. The number of ketones is 1. The van der Waals surface area contributed by atoms with Crippen molar-refractivity contribution < 1.29 is 19.1 Å². The Kier molecular flexibility index (Phi) is 2.96. The number of carbonyl (C=O) groups is 3. The number of allylic oxidation sites excluding steroid dienone is 2. The minimum Gasteiger partial charge on any atom is -0.464 e. The lowest BCUT2D eigenvalue weighted by atomic mass is 9.85. The predicted molar refractivity (Wildman–Crippen MR) is 104 cm³/mol. The molecule has 1 aliphatic heterocycles. The Hall–Kier alpha value is -3.61. The van der Waals surface area contributed by atoms with E-state index in [1.165, 1.54) is 7.11 Å². The standard InChI is InChI=1S/C22H17N3O4/c1-29-21(28)16-7-13-19(24-16)17(26)8-18-22(13)9-12(22)10-25(18)20(27)15-6-11-4-2-3-5-14(11)23-15/h2-8,12,23-24H,9-10H2,1H3. The van der Waals surface area contributed by atoms with Crippen molar-refractivity contribution in [1.29, 1.82) is 0 Å². The Morgan fingerprint density at radius 2 is 2.00 bits per heavy atom. The number of hydrogen-bond acceptors (Lipinski definition) is 4. The van der Waals surface area contributed by atoms with Gasteiger partial charge in [-0.25, -0.2) is 4.79 Å². The summed E-state index contributed by atoms with van der Waals surface area (Å²) >= 11 is 0. The molecule has 2 aliphatic carbocycles. The van der Waals surface area contributed by atoms with Crippen molar-refractivity contribution in [3.8, 4) is 0 Å². The highest BCUT2D eigenvalue weighted by molar-refractivity contribution is 6.10. The zero-order valence-corrected chi connectivity index (χ0v) is 15.6. The zero-order valence-electron chi connectivity index (χ0n) is 15.6. The van der Waals surface area contributed by atoms with E-state index in [1.54, 1.807) is 17.0 Å². The average molecular weight is 387 g/mol. The van der Waals surface area contributed by atoms with E-state index in [1.807, 2.05) is 30.3 Å². The van der Waals surface area contributed by atoms with Gasteiger partial charge in [-0.2, -0.15) is 0 Å². The van der Waals surface area contributed by atoms with Crippen LogP contribution >= 0.6 is 0 Å². The summed E-state index contributed by atoms with van der Waals surface area (Å²) in [5.41, 5.74) is 3.27. The number of fused-ring (bicyclic) bond motifs is 2. The molecule has 3 heterocycles. The van der Waals surface area contributed by atoms with Crippen LogP contribution in [0, 0.1) is 5.92 Å². The molecule has 7 heteroatoms. The van der Waals surface area contributed by atoms with Gasteiger partial charge in [-0.15, -0.1) is 0 Å². The highest BCUT2D eigenvalue weighted by Gasteiger charge is 2.67. The van der Waals surface area contributed by atoms with Gasteiger partial charge in [0.25, 0.3) is 5.91 Å². The van der Waals surface area contributed by atoms with E-state index in [4.69, 9.17) is 4.74 Å². The number of methoxy groups -OCH3 is 1. The normalized spacial score (nSPS) is 24.0. The number of likely N-dealkylation sites (tertiary alicyclic amines) is 1. The lowest BCUT2D eigenvalue weighted by Gasteiger charge is -2.27. The summed E-state index contributed by atoms with van der Waals surface area (Å²) in [4.78, 5) is 45.8.